The Hall–Kier alpha value is -2.55. The van der Waals surface area contributed by atoms with Crippen LogP contribution in [-0.4, -0.2) is 48.4 Å². The number of halogens is 1. The molecule has 0 spiro atoms. The molecule has 1 unspecified atom stereocenters. The molecule has 2 aromatic rings. The van der Waals surface area contributed by atoms with Crippen molar-refractivity contribution in [2.45, 2.75) is 25.9 Å². The first-order valence-electron chi connectivity index (χ1n) is 8.70. The van der Waals surface area contributed by atoms with Crippen LogP contribution >= 0.6 is 0 Å². The number of benzene rings is 1. The molecule has 3 rings (SSSR count). The Morgan fingerprint density at radius 2 is 2.04 bits per heavy atom. The van der Waals surface area contributed by atoms with Crippen molar-refractivity contribution in [1.82, 2.24) is 15.3 Å². The van der Waals surface area contributed by atoms with E-state index < -0.39 is 9.84 Å². The van der Waals surface area contributed by atoms with E-state index in [0.29, 0.717) is 18.9 Å². The number of carbonyl (C=O) groups excluding carboxylic acids is 1. The van der Waals surface area contributed by atoms with Crippen LogP contribution in [0.15, 0.2) is 36.5 Å². The van der Waals surface area contributed by atoms with E-state index in [2.05, 4.69) is 15.3 Å². The fourth-order valence-corrected chi connectivity index (χ4v) is 4.80. The van der Waals surface area contributed by atoms with E-state index in [-0.39, 0.29) is 41.5 Å². The zero-order valence-corrected chi connectivity index (χ0v) is 15.7. The fourth-order valence-electron chi connectivity index (χ4n) is 3.07. The average molecular weight is 392 g/mol. The van der Waals surface area contributed by atoms with Crippen LogP contribution < -0.4 is 10.2 Å². The molecule has 1 aliphatic heterocycles. The van der Waals surface area contributed by atoms with Crippen LogP contribution in [0.3, 0.4) is 0 Å². The average Bonchev–Trinajstić information content (AvgIpc) is 3.01. The molecule has 1 aromatic heterocycles. The highest BCUT2D eigenvalue weighted by atomic mass is 32.2. The Morgan fingerprint density at radius 3 is 2.67 bits per heavy atom. The topological polar surface area (TPSA) is 92.3 Å². The third-order valence-corrected chi connectivity index (χ3v) is 6.24. The van der Waals surface area contributed by atoms with Crippen molar-refractivity contribution in [3.8, 4) is 0 Å². The molecule has 27 heavy (non-hydrogen) atoms. The summed E-state index contributed by atoms with van der Waals surface area (Å²) in [4.78, 5) is 22.7. The van der Waals surface area contributed by atoms with Gasteiger partial charge in [0.1, 0.15) is 11.5 Å². The highest BCUT2D eigenvalue weighted by Crippen LogP contribution is 2.21. The minimum absolute atomic E-state index is 0.0746. The highest BCUT2D eigenvalue weighted by molar-refractivity contribution is 7.91. The Morgan fingerprint density at radius 1 is 1.30 bits per heavy atom. The molecule has 1 aliphatic rings. The van der Waals surface area contributed by atoms with Gasteiger partial charge in [-0.05, 0) is 37.1 Å². The molecule has 1 atom stereocenters. The van der Waals surface area contributed by atoms with Gasteiger partial charge in [0.25, 0.3) is 5.91 Å². The minimum Gasteiger partial charge on any atom is -0.347 e. The zero-order valence-electron chi connectivity index (χ0n) is 14.9. The standard InChI is InChI=1S/C18H21FN4O3S/c1-2-23(15-8-10-27(25,26)12-15)18-20-9-7-16(22-18)17(24)21-11-13-3-5-14(19)6-4-13/h3-7,9,15H,2,8,10-12H2,1H3,(H,21,24). The first kappa shape index (κ1) is 19.2. The number of hydrogen-bond donors (Lipinski definition) is 1. The van der Waals surface area contributed by atoms with Gasteiger partial charge in [-0.25, -0.2) is 22.8 Å². The van der Waals surface area contributed by atoms with Gasteiger partial charge in [-0.1, -0.05) is 12.1 Å². The lowest BCUT2D eigenvalue weighted by atomic mass is 10.2. The molecule has 1 fully saturated rings. The normalized spacial score (nSPS) is 18.2. The summed E-state index contributed by atoms with van der Waals surface area (Å²) in [6.45, 7) is 2.69. The predicted molar refractivity (Wildman–Crippen MR) is 99.7 cm³/mol. The van der Waals surface area contributed by atoms with Crippen molar-refractivity contribution in [3.63, 3.8) is 0 Å². The summed E-state index contributed by atoms with van der Waals surface area (Å²) < 4.78 is 36.4. The maximum Gasteiger partial charge on any atom is 0.270 e. The second-order valence-corrected chi connectivity index (χ2v) is 8.62. The summed E-state index contributed by atoms with van der Waals surface area (Å²) in [5.41, 5.74) is 0.965. The number of nitrogens with zero attached hydrogens (tertiary/aromatic N) is 3. The summed E-state index contributed by atoms with van der Waals surface area (Å²) in [7, 11) is -3.03. The van der Waals surface area contributed by atoms with Gasteiger partial charge in [-0.15, -0.1) is 0 Å². The predicted octanol–water partition coefficient (Wildman–Crippen LogP) is 1.56. The molecular formula is C18H21FN4O3S. The van der Waals surface area contributed by atoms with Crippen LogP contribution in [-0.2, 0) is 16.4 Å². The fraction of sp³-hybridized carbons (Fsp3) is 0.389. The Labute approximate surface area is 157 Å². The van der Waals surface area contributed by atoms with Gasteiger partial charge in [0.15, 0.2) is 9.84 Å². The second-order valence-electron chi connectivity index (χ2n) is 6.39. The Kier molecular flexibility index (Phi) is 5.69. The zero-order chi connectivity index (χ0) is 19.4. The van der Waals surface area contributed by atoms with Crippen LogP contribution in [0, 0.1) is 5.82 Å². The number of rotatable bonds is 6. The number of amides is 1. The van der Waals surface area contributed by atoms with E-state index in [1.807, 2.05) is 11.8 Å². The van der Waals surface area contributed by atoms with Gasteiger partial charge in [-0.2, -0.15) is 0 Å². The molecule has 0 bridgehead atoms. The second kappa shape index (κ2) is 7.99. The molecule has 144 valence electrons. The highest BCUT2D eigenvalue weighted by Gasteiger charge is 2.33. The third-order valence-electron chi connectivity index (χ3n) is 4.49. The maximum absolute atomic E-state index is 12.9. The van der Waals surface area contributed by atoms with Crippen LogP contribution in [0.5, 0.6) is 0 Å². The molecule has 0 saturated carbocycles. The van der Waals surface area contributed by atoms with Crippen molar-refractivity contribution in [3.05, 3.63) is 53.6 Å². The van der Waals surface area contributed by atoms with Crippen LogP contribution in [0.1, 0.15) is 29.4 Å². The van der Waals surface area contributed by atoms with Crippen molar-refractivity contribution in [2.24, 2.45) is 0 Å². The van der Waals surface area contributed by atoms with Crippen LogP contribution in [0.2, 0.25) is 0 Å². The van der Waals surface area contributed by atoms with E-state index in [4.69, 9.17) is 0 Å². The Balaban J connectivity index is 1.70. The summed E-state index contributed by atoms with van der Waals surface area (Å²) in [6.07, 6.45) is 2.02. The van der Waals surface area contributed by atoms with Gasteiger partial charge >= 0.3 is 0 Å². The largest absolute Gasteiger partial charge is 0.347 e. The van der Waals surface area contributed by atoms with Gasteiger partial charge in [0.05, 0.1) is 11.5 Å². The van der Waals surface area contributed by atoms with E-state index in [0.717, 1.165) is 5.56 Å². The molecule has 1 saturated heterocycles. The first-order valence-corrected chi connectivity index (χ1v) is 10.5. The summed E-state index contributed by atoms with van der Waals surface area (Å²) in [5.74, 6) is -0.136. The lowest BCUT2D eigenvalue weighted by molar-refractivity contribution is 0.0945. The number of nitrogens with one attached hydrogen (secondary N) is 1. The Bertz CT molecular complexity index is 918. The molecule has 2 heterocycles. The van der Waals surface area contributed by atoms with E-state index >= 15 is 0 Å². The minimum atomic E-state index is -3.03. The van der Waals surface area contributed by atoms with Gasteiger partial charge in [0, 0.05) is 25.3 Å². The van der Waals surface area contributed by atoms with Gasteiger partial charge in [0.2, 0.25) is 5.95 Å². The van der Waals surface area contributed by atoms with Crippen molar-refractivity contribution in [1.29, 1.82) is 0 Å². The summed E-state index contributed by atoms with van der Waals surface area (Å²) in [5, 5.41) is 2.74. The SMILES string of the molecule is CCN(c1nccc(C(=O)NCc2ccc(F)cc2)n1)C1CCS(=O)(=O)C1. The van der Waals surface area contributed by atoms with Crippen molar-refractivity contribution in [2.75, 3.05) is 23.0 Å². The number of aromatic nitrogens is 2. The first-order chi connectivity index (χ1) is 12.9. The number of sulfone groups is 1. The maximum atomic E-state index is 12.9. The van der Waals surface area contributed by atoms with Crippen LogP contribution in [0.4, 0.5) is 10.3 Å². The monoisotopic (exact) mass is 392 g/mol. The van der Waals surface area contributed by atoms with Crippen molar-refractivity contribution >= 4 is 21.7 Å². The number of anilines is 1. The molecule has 9 heteroatoms. The molecule has 7 nitrogen and oxygen atoms in total. The lowest BCUT2D eigenvalue weighted by Crippen LogP contribution is -2.37. The third kappa shape index (κ3) is 4.79. The molecule has 1 amide bonds. The molecule has 0 aliphatic carbocycles. The lowest BCUT2D eigenvalue weighted by Gasteiger charge is -2.26. The van der Waals surface area contributed by atoms with Crippen molar-refractivity contribution < 1.29 is 17.6 Å². The van der Waals surface area contributed by atoms with Gasteiger partial charge < -0.3 is 10.2 Å². The number of hydrogen-bond acceptors (Lipinski definition) is 6. The summed E-state index contributed by atoms with van der Waals surface area (Å²) >= 11 is 0. The molecular weight excluding hydrogens is 371 g/mol. The molecule has 0 radical (unpaired) electrons. The van der Waals surface area contributed by atoms with E-state index in [9.17, 15) is 17.6 Å². The van der Waals surface area contributed by atoms with Gasteiger partial charge in [-0.3, -0.25) is 4.79 Å². The van der Waals surface area contributed by atoms with E-state index in [1.54, 1.807) is 12.1 Å². The summed E-state index contributed by atoms with van der Waals surface area (Å²) in [6, 6.07) is 7.18. The molecule has 1 N–H and O–H groups in total. The van der Waals surface area contributed by atoms with Crippen LogP contribution in [0.25, 0.3) is 0 Å². The smallest absolute Gasteiger partial charge is 0.270 e. The molecule has 1 aromatic carbocycles. The number of carbonyl (C=O) groups is 1. The van der Waals surface area contributed by atoms with E-state index in [1.165, 1.54) is 24.4 Å². The quantitative estimate of drug-likeness (QED) is 0.802.